The Balaban J connectivity index is 1.82. The summed E-state index contributed by atoms with van der Waals surface area (Å²) in [6.07, 6.45) is 3.50. The maximum absolute atomic E-state index is 13.1. The molecule has 0 saturated carbocycles. The SMILES string of the molecule is Cc1ccccc1N1c2ccccc2-n2cc3c(=O)n(C)c(=O)n(C)c3c2C1c1ccco1. The van der Waals surface area contributed by atoms with Crippen molar-refractivity contribution in [2.75, 3.05) is 4.90 Å². The van der Waals surface area contributed by atoms with Crippen molar-refractivity contribution in [2.45, 2.75) is 13.0 Å². The van der Waals surface area contributed by atoms with Gasteiger partial charge in [-0.2, -0.15) is 0 Å². The summed E-state index contributed by atoms with van der Waals surface area (Å²) >= 11 is 0. The number of benzene rings is 2. The number of para-hydroxylation sites is 3. The van der Waals surface area contributed by atoms with E-state index >= 15 is 0 Å². The molecule has 0 amide bonds. The van der Waals surface area contributed by atoms with E-state index in [0.717, 1.165) is 38.6 Å². The second-order valence-electron chi connectivity index (χ2n) is 8.42. The average molecular weight is 438 g/mol. The summed E-state index contributed by atoms with van der Waals surface area (Å²) in [6.45, 7) is 2.08. The number of nitrogens with zero attached hydrogens (tertiary/aromatic N) is 4. The van der Waals surface area contributed by atoms with Gasteiger partial charge in [0.05, 0.1) is 34.2 Å². The van der Waals surface area contributed by atoms with Crippen LogP contribution < -0.4 is 16.1 Å². The van der Waals surface area contributed by atoms with Crippen LogP contribution in [0, 0.1) is 6.92 Å². The first-order valence-electron chi connectivity index (χ1n) is 10.8. The molecule has 0 radical (unpaired) electrons. The third-order valence-electron chi connectivity index (χ3n) is 6.57. The van der Waals surface area contributed by atoms with E-state index in [2.05, 4.69) is 30.0 Å². The zero-order chi connectivity index (χ0) is 22.9. The highest BCUT2D eigenvalue weighted by molar-refractivity contribution is 5.89. The molecule has 1 atom stereocenters. The minimum atomic E-state index is -0.383. The van der Waals surface area contributed by atoms with Gasteiger partial charge in [-0.1, -0.05) is 30.3 Å². The zero-order valence-corrected chi connectivity index (χ0v) is 18.5. The zero-order valence-electron chi connectivity index (χ0n) is 18.5. The number of rotatable bonds is 2. The summed E-state index contributed by atoms with van der Waals surface area (Å²) in [5.41, 5.74) is 4.82. The van der Waals surface area contributed by atoms with Crippen molar-refractivity contribution < 1.29 is 4.42 Å². The van der Waals surface area contributed by atoms with E-state index < -0.39 is 0 Å². The average Bonchev–Trinajstić information content (AvgIpc) is 3.50. The Morgan fingerprint density at radius 2 is 1.52 bits per heavy atom. The molecule has 33 heavy (non-hydrogen) atoms. The first kappa shape index (κ1) is 19.4. The van der Waals surface area contributed by atoms with E-state index in [-0.39, 0.29) is 17.3 Å². The Hall–Kier alpha value is -4.26. The molecular formula is C26H22N4O3. The predicted molar refractivity (Wildman–Crippen MR) is 128 cm³/mol. The summed E-state index contributed by atoms with van der Waals surface area (Å²) in [4.78, 5) is 28.3. The quantitative estimate of drug-likeness (QED) is 0.415. The fourth-order valence-corrected chi connectivity index (χ4v) is 5.01. The second-order valence-corrected chi connectivity index (χ2v) is 8.42. The van der Waals surface area contributed by atoms with Gasteiger partial charge in [-0.3, -0.25) is 13.9 Å². The van der Waals surface area contributed by atoms with Crippen LogP contribution >= 0.6 is 0 Å². The topological polar surface area (TPSA) is 65.3 Å². The van der Waals surface area contributed by atoms with Crippen molar-refractivity contribution in [1.82, 2.24) is 13.7 Å². The van der Waals surface area contributed by atoms with Crippen LogP contribution in [0.3, 0.4) is 0 Å². The highest BCUT2D eigenvalue weighted by Gasteiger charge is 2.38. The van der Waals surface area contributed by atoms with Crippen LogP contribution in [0.25, 0.3) is 16.6 Å². The second kappa shape index (κ2) is 6.87. The summed E-state index contributed by atoms with van der Waals surface area (Å²) in [5, 5.41) is 0.493. The Kier molecular flexibility index (Phi) is 4.04. The molecule has 0 aliphatic carbocycles. The van der Waals surface area contributed by atoms with Gasteiger partial charge in [0.15, 0.2) is 0 Å². The van der Waals surface area contributed by atoms with Crippen LogP contribution in [0.2, 0.25) is 0 Å². The number of fused-ring (bicyclic) bond motifs is 5. The van der Waals surface area contributed by atoms with Crippen LogP contribution in [0.15, 0.2) is 87.1 Å². The molecule has 7 nitrogen and oxygen atoms in total. The lowest BCUT2D eigenvalue weighted by molar-refractivity contribution is 0.478. The van der Waals surface area contributed by atoms with Gasteiger partial charge < -0.3 is 13.9 Å². The summed E-state index contributed by atoms with van der Waals surface area (Å²) in [6, 6.07) is 19.7. The van der Waals surface area contributed by atoms with Crippen LogP contribution in [0.5, 0.6) is 0 Å². The summed E-state index contributed by atoms with van der Waals surface area (Å²) < 4.78 is 10.7. The molecule has 5 aromatic rings. The Morgan fingerprint density at radius 3 is 2.21 bits per heavy atom. The van der Waals surface area contributed by atoms with Crippen molar-refractivity contribution in [3.63, 3.8) is 0 Å². The van der Waals surface area contributed by atoms with E-state index in [0.29, 0.717) is 10.9 Å². The minimum Gasteiger partial charge on any atom is -0.467 e. The Bertz CT molecular complexity index is 1650. The third-order valence-corrected chi connectivity index (χ3v) is 6.57. The molecule has 4 heterocycles. The Labute approximate surface area is 189 Å². The van der Waals surface area contributed by atoms with Crippen molar-refractivity contribution >= 4 is 22.3 Å². The van der Waals surface area contributed by atoms with Crippen molar-refractivity contribution in [3.8, 4) is 5.69 Å². The Morgan fingerprint density at radius 1 is 0.818 bits per heavy atom. The number of furan rings is 1. The fraction of sp³-hybridized carbons (Fsp3) is 0.154. The standard InChI is InChI=1S/C26H22N4O3/c1-16-9-4-5-10-18(16)30-20-12-7-6-11-19(20)29-15-17-22(27(2)26(32)28(3)25(17)31)24(29)23(30)21-13-8-14-33-21/h4-15,23H,1-3H3. The van der Waals surface area contributed by atoms with Crippen LogP contribution in [-0.2, 0) is 14.1 Å². The molecule has 0 N–H and O–H groups in total. The lowest BCUT2D eigenvalue weighted by Gasteiger charge is -2.39. The van der Waals surface area contributed by atoms with Crippen LogP contribution in [-0.4, -0.2) is 13.7 Å². The van der Waals surface area contributed by atoms with E-state index in [9.17, 15) is 9.59 Å². The lowest BCUT2D eigenvalue weighted by Crippen LogP contribution is -2.37. The molecule has 0 bridgehead atoms. The molecule has 7 heteroatoms. The van der Waals surface area contributed by atoms with Crippen LogP contribution in [0.4, 0.5) is 11.4 Å². The lowest BCUT2D eigenvalue weighted by atomic mass is 9.99. The van der Waals surface area contributed by atoms with Gasteiger partial charge >= 0.3 is 5.69 Å². The van der Waals surface area contributed by atoms with Gasteiger partial charge in [0, 0.05) is 26.0 Å². The molecular weight excluding hydrogens is 416 g/mol. The first-order valence-corrected chi connectivity index (χ1v) is 10.8. The van der Waals surface area contributed by atoms with Gasteiger partial charge in [-0.25, -0.2) is 4.79 Å². The van der Waals surface area contributed by atoms with Gasteiger partial charge in [0.1, 0.15) is 11.8 Å². The number of aryl methyl sites for hydroxylation is 2. The summed E-state index contributed by atoms with van der Waals surface area (Å²) in [5.74, 6) is 0.724. The molecule has 164 valence electrons. The number of anilines is 2. The van der Waals surface area contributed by atoms with Gasteiger partial charge in [0.25, 0.3) is 5.56 Å². The molecule has 1 unspecified atom stereocenters. The molecule has 3 aromatic heterocycles. The number of hydrogen-bond acceptors (Lipinski definition) is 4. The van der Waals surface area contributed by atoms with Gasteiger partial charge in [-0.15, -0.1) is 0 Å². The molecule has 6 rings (SSSR count). The minimum absolute atomic E-state index is 0.312. The van der Waals surface area contributed by atoms with Crippen molar-refractivity contribution in [3.05, 3.63) is 111 Å². The highest BCUT2D eigenvalue weighted by atomic mass is 16.3. The number of hydrogen-bond donors (Lipinski definition) is 0. The van der Waals surface area contributed by atoms with Crippen LogP contribution in [0.1, 0.15) is 23.1 Å². The molecule has 0 saturated heterocycles. The first-order chi connectivity index (χ1) is 16.0. The van der Waals surface area contributed by atoms with Gasteiger partial charge in [0.2, 0.25) is 0 Å². The van der Waals surface area contributed by atoms with Crippen molar-refractivity contribution in [1.29, 1.82) is 0 Å². The number of aromatic nitrogens is 3. The molecule has 1 aliphatic heterocycles. The van der Waals surface area contributed by atoms with E-state index in [1.54, 1.807) is 17.9 Å². The maximum Gasteiger partial charge on any atom is 0.331 e. The molecule has 1 aliphatic rings. The van der Waals surface area contributed by atoms with E-state index in [1.165, 1.54) is 7.05 Å². The van der Waals surface area contributed by atoms with Gasteiger partial charge in [-0.05, 0) is 42.8 Å². The van der Waals surface area contributed by atoms with E-state index in [4.69, 9.17) is 4.42 Å². The molecule has 2 aromatic carbocycles. The predicted octanol–water partition coefficient (Wildman–Crippen LogP) is 4.17. The smallest absolute Gasteiger partial charge is 0.331 e. The normalized spacial score (nSPS) is 15.0. The fourth-order valence-electron chi connectivity index (χ4n) is 5.01. The monoisotopic (exact) mass is 438 g/mol. The third kappa shape index (κ3) is 2.56. The molecule has 0 spiro atoms. The largest absolute Gasteiger partial charge is 0.467 e. The maximum atomic E-state index is 13.1. The highest BCUT2D eigenvalue weighted by Crippen LogP contribution is 2.49. The van der Waals surface area contributed by atoms with E-state index in [1.807, 2.05) is 53.2 Å². The molecule has 0 fully saturated rings. The van der Waals surface area contributed by atoms with Crippen molar-refractivity contribution in [2.24, 2.45) is 14.1 Å². The summed E-state index contributed by atoms with van der Waals surface area (Å²) in [7, 11) is 3.22.